The fourth-order valence-electron chi connectivity index (χ4n) is 4.07. The van der Waals surface area contributed by atoms with Gasteiger partial charge in [-0.05, 0) is 73.7 Å². The molecule has 1 amide bonds. The van der Waals surface area contributed by atoms with Gasteiger partial charge < -0.3 is 14.8 Å². The van der Waals surface area contributed by atoms with Crippen molar-refractivity contribution in [1.82, 2.24) is 9.78 Å². The number of aryl methyl sites for hydroxylation is 2. The lowest BCUT2D eigenvalue weighted by atomic mass is 10.1. The summed E-state index contributed by atoms with van der Waals surface area (Å²) in [4.78, 5) is 25.3. The van der Waals surface area contributed by atoms with Crippen LogP contribution in [-0.2, 0) is 17.6 Å². The molecule has 1 N–H and O–H groups in total. The Morgan fingerprint density at radius 3 is 2.68 bits per heavy atom. The highest BCUT2D eigenvalue weighted by atomic mass is 16.6. The van der Waals surface area contributed by atoms with Crippen molar-refractivity contribution < 1.29 is 14.3 Å². The van der Waals surface area contributed by atoms with Crippen molar-refractivity contribution in [3.05, 3.63) is 70.0 Å². The Balaban J connectivity index is 1.39. The molecule has 3 aromatic rings. The Morgan fingerprint density at radius 1 is 1.00 bits per heavy atom. The number of nitrogens with one attached hydrogen (secondary N) is 1. The molecular formula is C24H23N3O4. The first kappa shape index (κ1) is 19.4. The number of benzene rings is 2. The normalized spacial score (nSPS) is 15.3. The van der Waals surface area contributed by atoms with Gasteiger partial charge in [0.05, 0.1) is 5.69 Å². The maximum Gasteiger partial charge on any atom is 0.267 e. The number of hydrogen-bond acceptors (Lipinski definition) is 5. The van der Waals surface area contributed by atoms with Gasteiger partial charge in [0.1, 0.15) is 19.3 Å². The molecule has 0 saturated carbocycles. The van der Waals surface area contributed by atoms with Crippen LogP contribution in [0.2, 0.25) is 0 Å². The van der Waals surface area contributed by atoms with E-state index in [1.807, 2.05) is 30.3 Å². The van der Waals surface area contributed by atoms with E-state index in [9.17, 15) is 9.59 Å². The van der Waals surface area contributed by atoms with E-state index in [-0.39, 0.29) is 11.5 Å². The van der Waals surface area contributed by atoms with Crippen LogP contribution in [0, 0.1) is 0 Å². The minimum atomic E-state index is -0.766. The number of carbonyl (C=O) groups excluding carboxylic acids is 1. The molecule has 7 nitrogen and oxygen atoms in total. The maximum absolute atomic E-state index is 12.9. The van der Waals surface area contributed by atoms with E-state index in [2.05, 4.69) is 16.5 Å². The number of anilines is 1. The number of fused-ring (bicyclic) bond motifs is 2. The van der Waals surface area contributed by atoms with Gasteiger partial charge in [-0.2, -0.15) is 5.10 Å². The molecule has 2 aromatic carbocycles. The van der Waals surface area contributed by atoms with Crippen molar-refractivity contribution in [3.8, 4) is 22.8 Å². The second-order valence-corrected chi connectivity index (χ2v) is 7.86. The lowest BCUT2D eigenvalue weighted by Gasteiger charge is -2.19. The number of hydrogen-bond donors (Lipinski definition) is 1. The van der Waals surface area contributed by atoms with Crippen LogP contribution >= 0.6 is 0 Å². The van der Waals surface area contributed by atoms with Crippen LogP contribution < -0.4 is 20.3 Å². The Labute approximate surface area is 179 Å². The van der Waals surface area contributed by atoms with Gasteiger partial charge in [-0.3, -0.25) is 9.59 Å². The molecule has 0 bridgehead atoms. The van der Waals surface area contributed by atoms with Crippen molar-refractivity contribution in [1.29, 1.82) is 0 Å². The lowest BCUT2D eigenvalue weighted by molar-refractivity contribution is -0.119. The summed E-state index contributed by atoms with van der Waals surface area (Å²) in [5, 5.41) is 7.38. The first-order chi connectivity index (χ1) is 15.1. The molecule has 1 atom stereocenters. The third kappa shape index (κ3) is 3.79. The molecule has 0 unspecified atom stereocenters. The number of rotatable bonds is 4. The Morgan fingerprint density at radius 2 is 1.81 bits per heavy atom. The number of amides is 1. The van der Waals surface area contributed by atoms with E-state index in [0.29, 0.717) is 30.4 Å². The molecule has 1 aromatic heterocycles. The third-order valence-electron chi connectivity index (χ3n) is 5.78. The highest BCUT2D eigenvalue weighted by Crippen LogP contribution is 2.33. The van der Waals surface area contributed by atoms with Crippen LogP contribution in [0.3, 0.4) is 0 Å². The molecule has 158 valence electrons. The van der Waals surface area contributed by atoms with Gasteiger partial charge in [0, 0.05) is 17.3 Å². The standard InChI is InChI=1S/C24H23N3O4/c1-15(24(29)25-19-7-5-16-3-2-4-17(16)13-19)27-23(28)10-8-20(26-27)18-6-9-21-22(14-18)31-12-11-30-21/h5-10,13-15H,2-4,11-12H2,1H3,(H,25,29)/t15-/m1/s1. The van der Waals surface area contributed by atoms with Crippen LogP contribution in [-0.4, -0.2) is 28.9 Å². The predicted molar refractivity (Wildman–Crippen MR) is 117 cm³/mol. The zero-order chi connectivity index (χ0) is 21.4. The molecule has 0 radical (unpaired) electrons. The molecule has 2 aliphatic rings. The van der Waals surface area contributed by atoms with Crippen LogP contribution in [0.4, 0.5) is 5.69 Å². The van der Waals surface area contributed by atoms with Crippen LogP contribution in [0.5, 0.6) is 11.5 Å². The quantitative estimate of drug-likeness (QED) is 0.704. The summed E-state index contributed by atoms with van der Waals surface area (Å²) in [6.07, 6.45) is 3.27. The topological polar surface area (TPSA) is 82.5 Å². The lowest BCUT2D eigenvalue weighted by Crippen LogP contribution is -2.33. The highest BCUT2D eigenvalue weighted by molar-refractivity contribution is 5.93. The maximum atomic E-state index is 12.9. The average Bonchev–Trinajstić information content (AvgIpc) is 3.26. The molecule has 5 rings (SSSR count). The van der Waals surface area contributed by atoms with E-state index in [1.54, 1.807) is 13.0 Å². The van der Waals surface area contributed by atoms with E-state index in [1.165, 1.54) is 21.9 Å². The second kappa shape index (κ2) is 7.91. The fourth-order valence-corrected chi connectivity index (χ4v) is 4.07. The van der Waals surface area contributed by atoms with E-state index in [0.717, 1.165) is 30.5 Å². The van der Waals surface area contributed by atoms with Crippen LogP contribution in [0.1, 0.15) is 30.5 Å². The van der Waals surface area contributed by atoms with Gasteiger partial charge in [0.15, 0.2) is 11.5 Å². The number of aromatic nitrogens is 2. The van der Waals surface area contributed by atoms with Crippen molar-refractivity contribution in [2.24, 2.45) is 0 Å². The van der Waals surface area contributed by atoms with Gasteiger partial charge in [-0.25, -0.2) is 4.68 Å². The van der Waals surface area contributed by atoms with Gasteiger partial charge in [0.25, 0.3) is 5.56 Å². The highest BCUT2D eigenvalue weighted by Gasteiger charge is 2.20. The molecule has 0 fully saturated rings. The first-order valence-electron chi connectivity index (χ1n) is 10.5. The molecule has 1 aliphatic heterocycles. The van der Waals surface area contributed by atoms with Gasteiger partial charge in [-0.1, -0.05) is 6.07 Å². The number of carbonyl (C=O) groups is 1. The Bertz CT molecular complexity index is 1220. The summed E-state index contributed by atoms with van der Waals surface area (Å²) in [6.45, 7) is 2.68. The van der Waals surface area contributed by atoms with E-state index < -0.39 is 6.04 Å². The summed E-state index contributed by atoms with van der Waals surface area (Å²) in [5.41, 5.74) is 4.39. The summed E-state index contributed by atoms with van der Waals surface area (Å²) >= 11 is 0. The van der Waals surface area contributed by atoms with Crippen molar-refractivity contribution in [3.63, 3.8) is 0 Å². The zero-order valence-electron chi connectivity index (χ0n) is 17.3. The third-order valence-corrected chi connectivity index (χ3v) is 5.78. The van der Waals surface area contributed by atoms with Crippen molar-refractivity contribution in [2.45, 2.75) is 32.2 Å². The second-order valence-electron chi connectivity index (χ2n) is 7.86. The average molecular weight is 417 g/mol. The van der Waals surface area contributed by atoms with Gasteiger partial charge in [0.2, 0.25) is 5.91 Å². The minimum absolute atomic E-state index is 0.285. The minimum Gasteiger partial charge on any atom is -0.486 e. The van der Waals surface area contributed by atoms with Crippen LogP contribution in [0.25, 0.3) is 11.3 Å². The summed E-state index contributed by atoms with van der Waals surface area (Å²) in [5.74, 6) is 1.04. The molecule has 2 heterocycles. The monoisotopic (exact) mass is 417 g/mol. The fraction of sp³-hybridized carbons (Fsp3) is 0.292. The number of ether oxygens (including phenoxy) is 2. The van der Waals surface area contributed by atoms with Crippen molar-refractivity contribution in [2.75, 3.05) is 18.5 Å². The molecule has 1 aliphatic carbocycles. The van der Waals surface area contributed by atoms with E-state index >= 15 is 0 Å². The largest absolute Gasteiger partial charge is 0.486 e. The molecular weight excluding hydrogens is 394 g/mol. The summed E-state index contributed by atoms with van der Waals surface area (Å²) in [7, 11) is 0. The van der Waals surface area contributed by atoms with Gasteiger partial charge >= 0.3 is 0 Å². The zero-order valence-corrected chi connectivity index (χ0v) is 17.3. The SMILES string of the molecule is C[C@H](C(=O)Nc1ccc2c(c1)CCC2)n1nc(-c2ccc3c(c2)OCCO3)ccc1=O. The Hall–Kier alpha value is -3.61. The smallest absolute Gasteiger partial charge is 0.267 e. The number of nitrogens with zero attached hydrogens (tertiary/aromatic N) is 2. The first-order valence-corrected chi connectivity index (χ1v) is 10.5. The Kier molecular flexibility index (Phi) is 4.94. The predicted octanol–water partition coefficient (Wildman–Crippen LogP) is 3.37. The van der Waals surface area contributed by atoms with Crippen molar-refractivity contribution >= 4 is 11.6 Å². The van der Waals surface area contributed by atoms with E-state index in [4.69, 9.17) is 9.47 Å². The van der Waals surface area contributed by atoms with Gasteiger partial charge in [-0.15, -0.1) is 0 Å². The van der Waals surface area contributed by atoms with Crippen LogP contribution in [0.15, 0.2) is 53.3 Å². The molecule has 0 saturated heterocycles. The molecule has 31 heavy (non-hydrogen) atoms. The molecule has 7 heteroatoms. The summed E-state index contributed by atoms with van der Waals surface area (Å²) < 4.78 is 12.4. The summed E-state index contributed by atoms with van der Waals surface area (Å²) in [6, 6.07) is 13.8. The molecule has 0 spiro atoms.